The molecule has 3 rings (SSSR count). The van der Waals surface area contributed by atoms with Crippen molar-refractivity contribution in [3.8, 4) is 0 Å². The molecular formula is C22H33N3O2. The van der Waals surface area contributed by atoms with E-state index in [1.165, 1.54) is 12.8 Å². The van der Waals surface area contributed by atoms with E-state index >= 15 is 0 Å². The van der Waals surface area contributed by atoms with Crippen LogP contribution in [-0.4, -0.2) is 48.4 Å². The number of carbonyl (C=O) groups excluding carboxylic acids is 2. The Bertz CT molecular complexity index is 669. The zero-order valence-electron chi connectivity index (χ0n) is 17.0. The lowest BCUT2D eigenvalue weighted by molar-refractivity contribution is -0.119. The maximum atomic E-state index is 12.6. The number of amides is 2. The fourth-order valence-corrected chi connectivity index (χ4v) is 4.12. The molecule has 1 atom stereocenters. The molecule has 27 heavy (non-hydrogen) atoms. The van der Waals surface area contributed by atoms with Crippen LogP contribution in [-0.2, 0) is 4.79 Å². The Kier molecular flexibility index (Phi) is 6.20. The van der Waals surface area contributed by atoms with Crippen LogP contribution in [0.15, 0.2) is 24.3 Å². The van der Waals surface area contributed by atoms with E-state index in [2.05, 4.69) is 31.0 Å². The van der Waals surface area contributed by atoms with Gasteiger partial charge in [-0.15, -0.1) is 0 Å². The smallest absolute Gasteiger partial charge is 0.251 e. The molecule has 0 aliphatic carbocycles. The minimum Gasteiger partial charge on any atom is -0.350 e. The van der Waals surface area contributed by atoms with Crippen LogP contribution < -0.4 is 10.2 Å². The fraction of sp³-hybridized carbons (Fsp3) is 0.636. The zero-order chi connectivity index (χ0) is 19.4. The Labute approximate surface area is 163 Å². The second kappa shape index (κ2) is 8.42. The van der Waals surface area contributed by atoms with Gasteiger partial charge in [-0.25, -0.2) is 0 Å². The molecule has 1 aromatic carbocycles. The molecule has 0 radical (unpaired) electrons. The van der Waals surface area contributed by atoms with Crippen molar-refractivity contribution in [3.63, 3.8) is 0 Å². The van der Waals surface area contributed by atoms with Gasteiger partial charge in [-0.1, -0.05) is 6.92 Å². The van der Waals surface area contributed by atoms with E-state index in [0.717, 1.165) is 44.1 Å². The fourth-order valence-electron chi connectivity index (χ4n) is 4.12. The molecule has 1 unspecified atom stereocenters. The summed E-state index contributed by atoms with van der Waals surface area (Å²) in [4.78, 5) is 28.9. The van der Waals surface area contributed by atoms with E-state index in [1.54, 1.807) is 0 Å². The largest absolute Gasteiger partial charge is 0.350 e. The second-order valence-corrected chi connectivity index (χ2v) is 8.74. The van der Waals surface area contributed by atoms with E-state index in [1.807, 2.05) is 29.2 Å². The van der Waals surface area contributed by atoms with E-state index in [-0.39, 0.29) is 17.4 Å². The average molecular weight is 372 g/mol. The van der Waals surface area contributed by atoms with Crippen LogP contribution in [0, 0.1) is 5.92 Å². The third-order valence-corrected chi connectivity index (χ3v) is 5.96. The molecule has 2 amide bonds. The van der Waals surface area contributed by atoms with Gasteiger partial charge in [0.1, 0.15) is 0 Å². The Morgan fingerprint density at radius 3 is 2.56 bits per heavy atom. The second-order valence-electron chi connectivity index (χ2n) is 8.74. The molecule has 2 heterocycles. The Balaban J connectivity index is 1.57. The minimum atomic E-state index is -0.0512. The van der Waals surface area contributed by atoms with Crippen LogP contribution in [0.4, 0.5) is 5.69 Å². The van der Waals surface area contributed by atoms with Gasteiger partial charge < -0.3 is 10.2 Å². The van der Waals surface area contributed by atoms with Crippen molar-refractivity contribution in [1.29, 1.82) is 0 Å². The van der Waals surface area contributed by atoms with Crippen molar-refractivity contribution in [3.05, 3.63) is 29.8 Å². The van der Waals surface area contributed by atoms with Crippen LogP contribution in [0.2, 0.25) is 0 Å². The summed E-state index contributed by atoms with van der Waals surface area (Å²) >= 11 is 0. The highest BCUT2D eigenvalue weighted by Crippen LogP contribution is 2.24. The van der Waals surface area contributed by atoms with E-state index < -0.39 is 0 Å². The van der Waals surface area contributed by atoms with Gasteiger partial charge >= 0.3 is 0 Å². The van der Waals surface area contributed by atoms with Crippen molar-refractivity contribution in [1.82, 2.24) is 10.2 Å². The first-order valence-corrected chi connectivity index (χ1v) is 10.3. The van der Waals surface area contributed by atoms with Crippen LogP contribution in [0.5, 0.6) is 0 Å². The number of nitrogens with zero attached hydrogens (tertiary/aromatic N) is 2. The van der Waals surface area contributed by atoms with Gasteiger partial charge in [0.15, 0.2) is 0 Å². The summed E-state index contributed by atoms with van der Waals surface area (Å²) in [6, 6.07) is 7.41. The summed E-state index contributed by atoms with van der Waals surface area (Å²) in [7, 11) is 0. The van der Waals surface area contributed by atoms with Gasteiger partial charge in [-0.3, -0.25) is 14.5 Å². The summed E-state index contributed by atoms with van der Waals surface area (Å²) in [6.07, 6.45) is 5.16. The van der Waals surface area contributed by atoms with Gasteiger partial charge in [-0.2, -0.15) is 0 Å². The van der Waals surface area contributed by atoms with Crippen LogP contribution in [0.1, 0.15) is 63.2 Å². The lowest BCUT2D eigenvalue weighted by atomic mass is 9.93. The summed E-state index contributed by atoms with van der Waals surface area (Å²) in [6.45, 7) is 10.3. The highest BCUT2D eigenvalue weighted by molar-refractivity contribution is 5.97. The number of likely N-dealkylation sites (tertiary alicyclic amines) is 1. The number of rotatable bonds is 5. The Hall–Kier alpha value is -1.88. The predicted octanol–water partition coefficient (Wildman–Crippen LogP) is 3.44. The number of benzene rings is 1. The number of hydrogen-bond acceptors (Lipinski definition) is 3. The molecule has 0 spiro atoms. The molecule has 5 nitrogen and oxygen atoms in total. The predicted molar refractivity (Wildman–Crippen MR) is 109 cm³/mol. The minimum absolute atomic E-state index is 0.0511. The molecule has 2 aliphatic rings. The molecule has 0 bridgehead atoms. The number of carbonyl (C=O) groups is 2. The van der Waals surface area contributed by atoms with E-state index in [0.29, 0.717) is 18.5 Å². The Morgan fingerprint density at radius 2 is 1.89 bits per heavy atom. The van der Waals surface area contributed by atoms with Gasteiger partial charge in [0.2, 0.25) is 5.91 Å². The van der Waals surface area contributed by atoms with Crippen molar-refractivity contribution in [2.24, 2.45) is 5.92 Å². The monoisotopic (exact) mass is 371 g/mol. The topological polar surface area (TPSA) is 52.7 Å². The molecule has 5 heteroatoms. The summed E-state index contributed by atoms with van der Waals surface area (Å²) in [5.74, 6) is 0.847. The maximum absolute atomic E-state index is 12.6. The van der Waals surface area contributed by atoms with Gasteiger partial charge in [-0.05, 0) is 76.3 Å². The van der Waals surface area contributed by atoms with Crippen LogP contribution in [0.3, 0.4) is 0 Å². The summed E-state index contributed by atoms with van der Waals surface area (Å²) in [5.41, 5.74) is 1.48. The maximum Gasteiger partial charge on any atom is 0.251 e. The lowest BCUT2D eigenvalue weighted by Crippen LogP contribution is -2.54. The third-order valence-electron chi connectivity index (χ3n) is 5.96. The van der Waals surface area contributed by atoms with Gasteiger partial charge in [0.05, 0.1) is 0 Å². The quantitative estimate of drug-likeness (QED) is 0.863. The number of nitrogens with one attached hydrogen (secondary N) is 1. The van der Waals surface area contributed by atoms with Gasteiger partial charge in [0, 0.05) is 42.8 Å². The van der Waals surface area contributed by atoms with Gasteiger partial charge in [0.25, 0.3) is 5.91 Å². The van der Waals surface area contributed by atoms with Crippen LogP contribution in [0.25, 0.3) is 0 Å². The SMILES string of the molecule is CC1CCCN(C(C)(C)CNC(=O)c2ccc(N3CCCCC3=O)cc2)C1. The molecule has 2 saturated heterocycles. The molecule has 1 aromatic rings. The lowest BCUT2D eigenvalue weighted by Gasteiger charge is -2.43. The summed E-state index contributed by atoms with van der Waals surface area (Å²) in [5, 5.41) is 3.10. The first kappa shape index (κ1) is 19.9. The molecular weight excluding hydrogens is 338 g/mol. The molecule has 2 aliphatic heterocycles. The molecule has 148 valence electrons. The van der Waals surface area contributed by atoms with Crippen molar-refractivity contribution >= 4 is 17.5 Å². The third kappa shape index (κ3) is 4.89. The highest BCUT2D eigenvalue weighted by atomic mass is 16.2. The molecule has 0 aromatic heterocycles. The molecule has 1 N–H and O–H groups in total. The van der Waals surface area contributed by atoms with Crippen molar-refractivity contribution in [2.75, 3.05) is 31.1 Å². The Morgan fingerprint density at radius 1 is 1.15 bits per heavy atom. The van der Waals surface area contributed by atoms with Crippen LogP contribution >= 0.6 is 0 Å². The molecule has 0 saturated carbocycles. The first-order chi connectivity index (χ1) is 12.9. The first-order valence-electron chi connectivity index (χ1n) is 10.3. The highest BCUT2D eigenvalue weighted by Gasteiger charge is 2.30. The summed E-state index contributed by atoms with van der Waals surface area (Å²) < 4.78 is 0. The average Bonchev–Trinajstić information content (AvgIpc) is 2.67. The van der Waals surface area contributed by atoms with E-state index in [9.17, 15) is 9.59 Å². The van der Waals surface area contributed by atoms with Crippen molar-refractivity contribution < 1.29 is 9.59 Å². The normalized spacial score (nSPS) is 22.0. The number of hydrogen-bond donors (Lipinski definition) is 1. The number of anilines is 1. The standard InChI is InChI=1S/C22H33N3O2/c1-17-7-6-13-24(15-17)22(2,3)16-23-21(27)18-9-11-19(12-10-18)25-14-5-4-8-20(25)26/h9-12,17H,4-8,13-16H2,1-3H3,(H,23,27). The molecule has 2 fully saturated rings. The zero-order valence-corrected chi connectivity index (χ0v) is 17.0. The number of piperidine rings is 2. The van der Waals surface area contributed by atoms with E-state index in [4.69, 9.17) is 0 Å². The van der Waals surface area contributed by atoms with Crippen molar-refractivity contribution in [2.45, 2.75) is 58.4 Å².